The lowest BCUT2D eigenvalue weighted by atomic mass is 9.96. The summed E-state index contributed by atoms with van der Waals surface area (Å²) in [6.07, 6.45) is 6.46. The van der Waals surface area contributed by atoms with Crippen LogP contribution in [-0.2, 0) is 4.79 Å². The number of rotatable bonds is 5. The second kappa shape index (κ2) is 8.19. The third-order valence-electron chi connectivity index (χ3n) is 4.78. The molecule has 0 aliphatic carbocycles. The largest absolute Gasteiger partial charge is 0.478 e. The number of imidazole rings is 1. The van der Waals surface area contributed by atoms with E-state index >= 15 is 0 Å². The first kappa shape index (κ1) is 19.4. The Morgan fingerprint density at radius 3 is 2.43 bits per heavy atom. The highest BCUT2D eigenvalue weighted by Crippen LogP contribution is 2.40. The maximum atomic E-state index is 11.1. The number of carbonyl (C=O) groups is 1. The summed E-state index contributed by atoms with van der Waals surface area (Å²) in [5.41, 5.74) is 5.54. The van der Waals surface area contributed by atoms with Crippen molar-refractivity contribution in [2.75, 3.05) is 0 Å². The maximum Gasteiger partial charge on any atom is 0.328 e. The second-order valence-electron chi connectivity index (χ2n) is 6.64. The van der Waals surface area contributed by atoms with Gasteiger partial charge in [-0.3, -0.25) is 0 Å². The number of benzene rings is 2. The molecule has 30 heavy (non-hydrogen) atoms. The smallest absolute Gasteiger partial charge is 0.328 e. The molecule has 0 radical (unpaired) electrons. The summed E-state index contributed by atoms with van der Waals surface area (Å²) in [6.45, 7) is 1.95. The van der Waals surface area contributed by atoms with Crippen molar-refractivity contribution in [3.05, 3.63) is 88.6 Å². The summed E-state index contributed by atoms with van der Waals surface area (Å²) in [5, 5.41) is 20.1. The molecule has 0 amide bonds. The highest BCUT2D eigenvalue weighted by molar-refractivity contribution is 7.12. The van der Waals surface area contributed by atoms with Gasteiger partial charge in [-0.15, -0.1) is 11.3 Å². The van der Waals surface area contributed by atoms with Crippen molar-refractivity contribution < 1.29 is 9.90 Å². The molecule has 6 heteroatoms. The lowest BCUT2D eigenvalue weighted by Gasteiger charge is -2.10. The van der Waals surface area contributed by atoms with Crippen LogP contribution in [0.15, 0.2) is 72.4 Å². The van der Waals surface area contributed by atoms with Crippen molar-refractivity contribution >= 4 is 23.4 Å². The number of hydrogen-bond acceptors (Lipinski definition) is 4. The van der Waals surface area contributed by atoms with Crippen LogP contribution < -0.4 is 0 Å². The lowest BCUT2D eigenvalue weighted by molar-refractivity contribution is -0.131. The zero-order valence-electron chi connectivity index (χ0n) is 16.1. The Balaban J connectivity index is 1.81. The molecule has 4 rings (SSSR count). The van der Waals surface area contributed by atoms with Crippen molar-refractivity contribution in [2.45, 2.75) is 6.92 Å². The van der Waals surface area contributed by atoms with Crippen LogP contribution in [-0.4, -0.2) is 20.6 Å². The van der Waals surface area contributed by atoms with Crippen LogP contribution in [0, 0.1) is 18.3 Å². The highest BCUT2D eigenvalue weighted by Gasteiger charge is 2.15. The molecular formula is C24H17N3O2S. The molecule has 2 aromatic heterocycles. The van der Waals surface area contributed by atoms with Gasteiger partial charge >= 0.3 is 5.97 Å². The molecule has 146 valence electrons. The van der Waals surface area contributed by atoms with Gasteiger partial charge < -0.3 is 9.67 Å². The average molecular weight is 411 g/mol. The van der Waals surface area contributed by atoms with Gasteiger partial charge in [-0.1, -0.05) is 24.3 Å². The minimum atomic E-state index is -0.986. The Morgan fingerprint density at radius 1 is 1.13 bits per heavy atom. The van der Waals surface area contributed by atoms with Gasteiger partial charge in [-0.05, 0) is 53.8 Å². The van der Waals surface area contributed by atoms with Crippen molar-refractivity contribution in [3.8, 4) is 34.0 Å². The zero-order valence-corrected chi connectivity index (χ0v) is 16.9. The number of nitrogens with zero attached hydrogens (tertiary/aromatic N) is 3. The third kappa shape index (κ3) is 3.79. The molecule has 0 bridgehead atoms. The molecule has 0 saturated heterocycles. The number of aryl methyl sites for hydroxylation is 1. The molecule has 0 saturated carbocycles. The lowest BCUT2D eigenvalue weighted by Crippen LogP contribution is -1.95. The number of thiophene rings is 1. The Labute approximate surface area is 177 Å². The van der Waals surface area contributed by atoms with Gasteiger partial charge in [-0.2, -0.15) is 5.26 Å². The van der Waals surface area contributed by atoms with Gasteiger partial charge in [0, 0.05) is 40.2 Å². The molecule has 0 aliphatic heterocycles. The molecule has 4 aromatic rings. The van der Waals surface area contributed by atoms with E-state index in [4.69, 9.17) is 10.4 Å². The van der Waals surface area contributed by atoms with Crippen LogP contribution in [0.4, 0.5) is 0 Å². The van der Waals surface area contributed by atoms with Gasteiger partial charge in [0.25, 0.3) is 0 Å². The minimum absolute atomic E-state index is 0.599. The quantitative estimate of drug-likeness (QED) is 0.437. The zero-order chi connectivity index (χ0) is 21.1. The van der Waals surface area contributed by atoms with E-state index in [2.05, 4.69) is 11.1 Å². The first-order valence-electron chi connectivity index (χ1n) is 9.20. The van der Waals surface area contributed by atoms with E-state index in [-0.39, 0.29) is 0 Å². The highest BCUT2D eigenvalue weighted by atomic mass is 32.1. The number of aromatic nitrogens is 2. The average Bonchev–Trinajstić information content (AvgIpc) is 3.38. The summed E-state index contributed by atoms with van der Waals surface area (Å²) in [6, 6.07) is 17.6. The summed E-state index contributed by atoms with van der Waals surface area (Å²) in [5.74, 6) is -0.0816. The molecule has 1 N–H and O–H groups in total. The summed E-state index contributed by atoms with van der Waals surface area (Å²) in [7, 11) is 0. The molecular weight excluding hydrogens is 394 g/mol. The SMILES string of the molecule is Cc1nccn1-c1ccc(-c2c(-c3ccc(C#N)cc3)csc2/C=C/C(=O)O)cc1. The second-order valence-corrected chi connectivity index (χ2v) is 7.55. The van der Waals surface area contributed by atoms with Gasteiger partial charge in [0.05, 0.1) is 11.6 Å². The van der Waals surface area contributed by atoms with E-state index in [1.165, 1.54) is 11.3 Å². The van der Waals surface area contributed by atoms with E-state index in [1.807, 2.05) is 59.5 Å². The van der Waals surface area contributed by atoms with Gasteiger partial charge in [0.1, 0.15) is 5.82 Å². The van der Waals surface area contributed by atoms with E-state index in [0.717, 1.165) is 44.7 Å². The fourth-order valence-corrected chi connectivity index (χ4v) is 4.31. The van der Waals surface area contributed by atoms with Crippen molar-refractivity contribution in [1.82, 2.24) is 9.55 Å². The van der Waals surface area contributed by atoms with Crippen LogP contribution in [0.1, 0.15) is 16.3 Å². The van der Waals surface area contributed by atoms with Crippen LogP contribution in [0.5, 0.6) is 0 Å². The molecule has 0 spiro atoms. The monoisotopic (exact) mass is 411 g/mol. The summed E-state index contributed by atoms with van der Waals surface area (Å²) < 4.78 is 2.00. The Morgan fingerprint density at radius 2 is 1.83 bits per heavy atom. The van der Waals surface area contributed by atoms with E-state index < -0.39 is 5.97 Å². The van der Waals surface area contributed by atoms with Crippen LogP contribution in [0.25, 0.3) is 34.0 Å². The topological polar surface area (TPSA) is 78.9 Å². The Bertz CT molecular complexity index is 1270. The van der Waals surface area contributed by atoms with Crippen molar-refractivity contribution in [3.63, 3.8) is 0 Å². The Kier molecular flexibility index (Phi) is 5.29. The number of carboxylic acid groups (broad SMARTS) is 1. The number of nitriles is 1. The van der Waals surface area contributed by atoms with Gasteiger partial charge in [-0.25, -0.2) is 9.78 Å². The first-order chi connectivity index (χ1) is 14.6. The summed E-state index contributed by atoms with van der Waals surface area (Å²) >= 11 is 1.49. The van der Waals surface area contributed by atoms with E-state index in [1.54, 1.807) is 24.4 Å². The predicted molar refractivity (Wildman–Crippen MR) is 118 cm³/mol. The molecule has 5 nitrogen and oxygen atoms in total. The predicted octanol–water partition coefficient (Wildman–Crippen LogP) is 5.55. The molecule has 2 heterocycles. The summed E-state index contributed by atoms with van der Waals surface area (Å²) in [4.78, 5) is 16.2. The minimum Gasteiger partial charge on any atom is -0.478 e. The van der Waals surface area contributed by atoms with Crippen molar-refractivity contribution in [1.29, 1.82) is 5.26 Å². The van der Waals surface area contributed by atoms with E-state index in [9.17, 15) is 4.79 Å². The number of carboxylic acids is 1. The van der Waals surface area contributed by atoms with Crippen molar-refractivity contribution in [2.24, 2.45) is 0 Å². The van der Waals surface area contributed by atoms with Gasteiger partial charge in [0.2, 0.25) is 0 Å². The molecule has 0 fully saturated rings. The molecule has 0 unspecified atom stereocenters. The normalized spacial score (nSPS) is 10.9. The first-order valence-corrected chi connectivity index (χ1v) is 10.1. The number of hydrogen-bond donors (Lipinski definition) is 1. The fourth-order valence-electron chi connectivity index (χ4n) is 3.32. The fraction of sp³-hybridized carbons (Fsp3) is 0.0417. The van der Waals surface area contributed by atoms with E-state index in [0.29, 0.717) is 5.56 Å². The van der Waals surface area contributed by atoms with Crippen LogP contribution in [0.3, 0.4) is 0 Å². The third-order valence-corrected chi connectivity index (χ3v) is 5.73. The van der Waals surface area contributed by atoms with Gasteiger partial charge in [0.15, 0.2) is 0 Å². The Hall–Kier alpha value is -3.95. The number of aliphatic carboxylic acids is 1. The molecule has 0 atom stereocenters. The maximum absolute atomic E-state index is 11.1. The molecule has 0 aliphatic rings. The standard InChI is InChI=1S/C24H17N3O2S/c1-16-26-12-13-27(16)20-8-6-19(7-9-20)24-21(15-30-22(24)10-11-23(28)29)18-4-2-17(14-25)3-5-18/h2-13,15H,1H3,(H,28,29)/b11-10+. The van der Waals surface area contributed by atoms with Crippen LogP contribution in [0.2, 0.25) is 0 Å². The van der Waals surface area contributed by atoms with Crippen LogP contribution >= 0.6 is 11.3 Å². The molecule has 2 aromatic carbocycles.